The lowest BCUT2D eigenvalue weighted by molar-refractivity contribution is 0.495. The third-order valence-electron chi connectivity index (χ3n) is 3.25. The number of rotatable bonds is 3. The smallest absolute Gasteiger partial charge is 0.296 e. The SMILES string of the molecule is CC(C)n1c(C2CC2(C)C)nnc1S(=O)(=O)Cl. The van der Waals surface area contributed by atoms with Gasteiger partial charge in [-0.25, -0.2) is 8.42 Å². The second kappa shape index (κ2) is 3.68. The summed E-state index contributed by atoms with van der Waals surface area (Å²) in [6, 6.07) is -0.0278. The fourth-order valence-electron chi connectivity index (χ4n) is 2.09. The Morgan fingerprint density at radius 3 is 2.29 bits per heavy atom. The zero-order valence-corrected chi connectivity index (χ0v) is 11.9. The van der Waals surface area contributed by atoms with Crippen LogP contribution in [0.25, 0.3) is 0 Å². The summed E-state index contributed by atoms with van der Waals surface area (Å²) in [5.41, 5.74) is 0.174. The molecule has 1 aromatic rings. The highest BCUT2D eigenvalue weighted by Gasteiger charge is 2.50. The van der Waals surface area contributed by atoms with Gasteiger partial charge in [0.05, 0.1) is 0 Å². The van der Waals surface area contributed by atoms with E-state index in [2.05, 4.69) is 24.0 Å². The molecular weight excluding hydrogens is 262 g/mol. The summed E-state index contributed by atoms with van der Waals surface area (Å²) in [6.45, 7) is 8.05. The van der Waals surface area contributed by atoms with Gasteiger partial charge in [0.1, 0.15) is 5.82 Å². The van der Waals surface area contributed by atoms with Gasteiger partial charge in [-0.15, -0.1) is 10.2 Å². The van der Waals surface area contributed by atoms with E-state index in [1.54, 1.807) is 4.57 Å². The Balaban J connectivity index is 2.53. The molecule has 0 spiro atoms. The van der Waals surface area contributed by atoms with Crippen molar-refractivity contribution in [1.82, 2.24) is 14.8 Å². The molecule has 5 nitrogen and oxygen atoms in total. The minimum Gasteiger partial charge on any atom is -0.298 e. The van der Waals surface area contributed by atoms with Gasteiger partial charge in [0.25, 0.3) is 14.2 Å². The summed E-state index contributed by atoms with van der Waals surface area (Å²) in [4.78, 5) is 0. The Kier molecular flexibility index (Phi) is 2.78. The number of aromatic nitrogens is 3. The van der Waals surface area contributed by atoms with Crippen LogP contribution in [-0.4, -0.2) is 23.2 Å². The standard InChI is InChI=1S/C10H16ClN3O2S/c1-6(2)14-8(7-5-10(7,3)4)12-13-9(14)17(11,15)16/h6-7H,5H2,1-4H3. The van der Waals surface area contributed by atoms with Crippen molar-refractivity contribution in [2.24, 2.45) is 5.41 Å². The average Bonchev–Trinajstić information content (AvgIpc) is 2.62. The Hall–Kier alpha value is -0.620. The fourth-order valence-corrected chi connectivity index (χ4v) is 3.08. The van der Waals surface area contributed by atoms with E-state index in [0.29, 0.717) is 0 Å². The number of halogens is 1. The molecule has 7 heteroatoms. The van der Waals surface area contributed by atoms with Crippen molar-refractivity contribution in [3.05, 3.63) is 5.82 Å². The third-order valence-corrected chi connectivity index (χ3v) is 4.38. The Morgan fingerprint density at radius 2 is 1.94 bits per heavy atom. The summed E-state index contributed by atoms with van der Waals surface area (Å²) in [7, 11) is 1.53. The van der Waals surface area contributed by atoms with E-state index >= 15 is 0 Å². The van der Waals surface area contributed by atoms with Crippen LogP contribution in [0.5, 0.6) is 0 Å². The van der Waals surface area contributed by atoms with Crippen molar-refractivity contribution < 1.29 is 8.42 Å². The van der Waals surface area contributed by atoms with Gasteiger partial charge in [0.2, 0.25) is 0 Å². The molecule has 1 heterocycles. The average molecular weight is 278 g/mol. The van der Waals surface area contributed by atoms with E-state index < -0.39 is 9.05 Å². The lowest BCUT2D eigenvalue weighted by Crippen LogP contribution is -2.12. The maximum Gasteiger partial charge on any atom is 0.296 e. The van der Waals surface area contributed by atoms with Crippen LogP contribution < -0.4 is 0 Å². The van der Waals surface area contributed by atoms with Gasteiger partial charge in [-0.3, -0.25) is 4.57 Å². The van der Waals surface area contributed by atoms with E-state index in [-0.39, 0.29) is 22.5 Å². The van der Waals surface area contributed by atoms with Gasteiger partial charge in [-0.2, -0.15) is 0 Å². The second-order valence-electron chi connectivity index (χ2n) is 5.49. The van der Waals surface area contributed by atoms with Gasteiger partial charge >= 0.3 is 0 Å². The Labute approximate surface area is 106 Å². The van der Waals surface area contributed by atoms with E-state index in [4.69, 9.17) is 10.7 Å². The van der Waals surface area contributed by atoms with E-state index in [0.717, 1.165) is 12.2 Å². The number of hydrogen-bond donors (Lipinski definition) is 0. The van der Waals surface area contributed by atoms with Crippen LogP contribution in [0.3, 0.4) is 0 Å². The number of hydrogen-bond acceptors (Lipinski definition) is 4. The first-order chi connectivity index (χ1) is 7.64. The molecule has 0 radical (unpaired) electrons. The molecule has 1 aromatic heterocycles. The predicted molar refractivity (Wildman–Crippen MR) is 64.6 cm³/mol. The molecule has 0 saturated heterocycles. The van der Waals surface area contributed by atoms with Crippen molar-refractivity contribution in [2.75, 3.05) is 0 Å². The van der Waals surface area contributed by atoms with Crippen molar-refractivity contribution in [3.8, 4) is 0 Å². The normalized spacial score (nSPS) is 23.1. The van der Waals surface area contributed by atoms with Gasteiger partial charge in [-0.05, 0) is 25.7 Å². The van der Waals surface area contributed by atoms with Crippen molar-refractivity contribution in [2.45, 2.75) is 51.2 Å². The first-order valence-electron chi connectivity index (χ1n) is 5.54. The summed E-state index contributed by atoms with van der Waals surface area (Å²) >= 11 is 0. The van der Waals surface area contributed by atoms with Crippen LogP contribution in [0.15, 0.2) is 5.16 Å². The minimum atomic E-state index is -3.84. The van der Waals surface area contributed by atoms with Crippen LogP contribution >= 0.6 is 10.7 Å². The lowest BCUT2D eigenvalue weighted by atomic mass is 10.1. The first-order valence-corrected chi connectivity index (χ1v) is 7.85. The molecule has 1 unspecified atom stereocenters. The van der Waals surface area contributed by atoms with Gasteiger partial charge < -0.3 is 0 Å². The quantitative estimate of drug-likeness (QED) is 0.795. The molecule has 0 aromatic carbocycles. The summed E-state index contributed by atoms with van der Waals surface area (Å²) in [5, 5.41) is 7.59. The molecule has 96 valence electrons. The van der Waals surface area contributed by atoms with Crippen LogP contribution in [0, 0.1) is 5.41 Å². The molecule has 1 fully saturated rings. The molecule has 1 aliphatic carbocycles. The molecule has 1 saturated carbocycles. The second-order valence-corrected chi connectivity index (χ2v) is 7.95. The molecule has 2 rings (SSSR count). The Bertz CT molecular complexity index is 548. The molecule has 0 bridgehead atoms. The molecule has 1 aliphatic rings. The molecule has 0 amide bonds. The zero-order valence-electron chi connectivity index (χ0n) is 10.3. The fraction of sp³-hybridized carbons (Fsp3) is 0.800. The van der Waals surface area contributed by atoms with Gasteiger partial charge in [0, 0.05) is 22.6 Å². The van der Waals surface area contributed by atoms with Crippen LogP contribution in [0.1, 0.15) is 51.9 Å². The highest BCUT2D eigenvalue weighted by atomic mass is 35.7. The monoisotopic (exact) mass is 277 g/mol. The lowest BCUT2D eigenvalue weighted by Gasteiger charge is -2.13. The van der Waals surface area contributed by atoms with Crippen LogP contribution in [0.2, 0.25) is 0 Å². The minimum absolute atomic E-state index is 0.0278. The van der Waals surface area contributed by atoms with Crippen molar-refractivity contribution in [3.63, 3.8) is 0 Å². The largest absolute Gasteiger partial charge is 0.298 e. The highest BCUT2D eigenvalue weighted by molar-refractivity contribution is 8.13. The molecule has 1 atom stereocenters. The van der Waals surface area contributed by atoms with Gasteiger partial charge in [0.15, 0.2) is 0 Å². The predicted octanol–water partition coefficient (Wildman–Crippen LogP) is 2.30. The molecule has 17 heavy (non-hydrogen) atoms. The number of nitrogens with zero attached hydrogens (tertiary/aromatic N) is 3. The van der Waals surface area contributed by atoms with E-state index in [1.807, 2.05) is 13.8 Å². The van der Waals surface area contributed by atoms with Crippen molar-refractivity contribution in [1.29, 1.82) is 0 Å². The molecule has 0 aliphatic heterocycles. The van der Waals surface area contributed by atoms with Gasteiger partial charge in [-0.1, -0.05) is 13.8 Å². The summed E-state index contributed by atoms with van der Waals surface area (Å²) < 4.78 is 24.5. The first kappa shape index (κ1) is 12.8. The van der Waals surface area contributed by atoms with Crippen LogP contribution in [-0.2, 0) is 9.05 Å². The maximum absolute atomic E-state index is 11.4. The topological polar surface area (TPSA) is 64.8 Å². The van der Waals surface area contributed by atoms with Crippen LogP contribution in [0.4, 0.5) is 0 Å². The van der Waals surface area contributed by atoms with Crippen molar-refractivity contribution >= 4 is 19.7 Å². The Morgan fingerprint density at radius 1 is 1.41 bits per heavy atom. The molecule has 0 N–H and O–H groups in total. The van der Waals surface area contributed by atoms with E-state index in [1.165, 1.54) is 0 Å². The summed E-state index contributed by atoms with van der Waals surface area (Å²) in [5.74, 6) is 0.994. The highest BCUT2D eigenvalue weighted by Crippen LogP contribution is 2.58. The molecular formula is C10H16ClN3O2S. The third kappa shape index (κ3) is 2.20. The zero-order chi connectivity index (χ0) is 13.0. The maximum atomic E-state index is 11.4. The summed E-state index contributed by atoms with van der Waals surface area (Å²) in [6.07, 6.45) is 1.00. The van der Waals surface area contributed by atoms with E-state index in [9.17, 15) is 8.42 Å².